The third-order valence-electron chi connectivity index (χ3n) is 2.82. The summed E-state index contributed by atoms with van der Waals surface area (Å²) >= 11 is 0. The van der Waals surface area contributed by atoms with E-state index in [9.17, 15) is 9.59 Å². The number of rotatable bonds is 4. The highest BCUT2D eigenvalue weighted by molar-refractivity contribution is 5.91. The van der Waals surface area contributed by atoms with Gasteiger partial charge in [-0.25, -0.2) is 14.3 Å². The second-order valence-corrected chi connectivity index (χ2v) is 6.01. The molecule has 0 bridgehead atoms. The lowest BCUT2D eigenvalue weighted by Gasteiger charge is -2.19. The highest BCUT2D eigenvalue weighted by Gasteiger charge is 2.21. The van der Waals surface area contributed by atoms with Gasteiger partial charge in [-0.3, -0.25) is 5.32 Å². The van der Waals surface area contributed by atoms with E-state index < -0.39 is 17.7 Å². The molecule has 0 saturated carbocycles. The molecule has 1 heterocycles. The summed E-state index contributed by atoms with van der Waals surface area (Å²) in [6.07, 6.45) is -0.630. The van der Waals surface area contributed by atoms with Crippen molar-refractivity contribution in [3.63, 3.8) is 0 Å². The van der Waals surface area contributed by atoms with Gasteiger partial charge in [0.05, 0.1) is 12.3 Å². The average molecular weight is 331 g/mol. The molecular formula is C17H21N3O4. The van der Waals surface area contributed by atoms with Gasteiger partial charge in [-0.05, 0) is 39.8 Å². The Kier molecular flexibility index (Phi) is 5.23. The van der Waals surface area contributed by atoms with Crippen molar-refractivity contribution in [2.75, 3.05) is 11.9 Å². The lowest BCUT2D eigenvalue weighted by Crippen LogP contribution is -2.27. The first-order valence-corrected chi connectivity index (χ1v) is 7.63. The minimum atomic E-state index is -0.633. The number of para-hydroxylation sites is 1. The zero-order valence-electron chi connectivity index (χ0n) is 14.2. The molecule has 0 unspecified atom stereocenters. The monoisotopic (exact) mass is 331 g/mol. The zero-order valence-corrected chi connectivity index (χ0v) is 14.2. The van der Waals surface area contributed by atoms with E-state index >= 15 is 0 Å². The molecule has 7 nitrogen and oxygen atoms in total. The highest BCUT2D eigenvalue weighted by Crippen LogP contribution is 2.19. The van der Waals surface area contributed by atoms with Crippen LogP contribution in [0.15, 0.2) is 36.4 Å². The number of hydrogen-bond acceptors (Lipinski definition) is 5. The average Bonchev–Trinajstić information content (AvgIpc) is 2.90. The zero-order chi connectivity index (χ0) is 17.7. The van der Waals surface area contributed by atoms with Crippen molar-refractivity contribution in [3.05, 3.63) is 42.1 Å². The van der Waals surface area contributed by atoms with Crippen LogP contribution in [0.4, 0.5) is 10.6 Å². The van der Waals surface area contributed by atoms with Crippen LogP contribution in [0, 0.1) is 0 Å². The molecule has 0 aliphatic heterocycles. The summed E-state index contributed by atoms with van der Waals surface area (Å²) in [7, 11) is 0. The summed E-state index contributed by atoms with van der Waals surface area (Å²) in [5, 5.41) is 6.83. The Morgan fingerprint density at radius 2 is 1.88 bits per heavy atom. The summed E-state index contributed by atoms with van der Waals surface area (Å²) in [6, 6.07) is 10.6. The molecule has 0 aliphatic carbocycles. The van der Waals surface area contributed by atoms with Gasteiger partial charge in [-0.15, -0.1) is 0 Å². The lowest BCUT2D eigenvalue weighted by molar-refractivity contribution is 0.0518. The SMILES string of the molecule is CCOC(=O)c1cc(NC(=O)OC(C)(C)C)n(-c2ccccc2)n1. The van der Waals surface area contributed by atoms with Crippen molar-refractivity contribution in [2.24, 2.45) is 0 Å². The van der Waals surface area contributed by atoms with Crippen LogP contribution in [0.25, 0.3) is 5.69 Å². The van der Waals surface area contributed by atoms with E-state index in [2.05, 4.69) is 10.4 Å². The first kappa shape index (κ1) is 17.5. The fraction of sp³-hybridized carbons (Fsp3) is 0.353. The largest absolute Gasteiger partial charge is 0.461 e. The molecule has 0 saturated heterocycles. The quantitative estimate of drug-likeness (QED) is 0.868. The van der Waals surface area contributed by atoms with Crippen LogP contribution < -0.4 is 5.32 Å². The molecule has 2 rings (SSSR count). The standard InChI is InChI=1S/C17H21N3O4/c1-5-23-15(21)13-11-14(18-16(22)24-17(2,3)4)20(19-13)12-9-7-6-8-10-12/h6-11H,5H2,1-4H3,(H,18,22). The molecule has 0 fully saturated rings. The number of aromatic nitrogens is 2. The van der Waals surface area contributed by atoms with E-state index in [1.165, 1.54) is 10.7 Å². The van der Waals surface area contributed by atoms with Gasteiger partial charge >= 0.3 is 12.1 Å². The number of hydrogen-bond donors (Lipinski definition) is 1. The van der Waals surface area contributed by atoms with E-state index in [0.29, 0.717) is 11.5 Å². The molecule has 1 amide bonds. The van der Waals surface area contributed by atoms with Gasteiger partial charge in [0.1, 0.15) is 11.4 Å². The Morgan fingerprint density at radius 3 is 2.46 bits per heavy atom. The summed E-state index contributed by atoms with van der Waals surface area (Å²) < 4.78 is 11.7. The predicted octanol–water partition coefficient (Wildman–Crippen LogP) is 3.40. The van der Waals surface area contributed by atoms with Crippen molar-refractivity contribution in [2.45, 2.75) is 33.3 Å². The van der Waals surface area contributed by atoms with E-state index in [-0.39, 0.29) is 12.3 Å². The normalized spacial score (nSPS) is 11.0. The Hall–Kier alpha value is -2.83. The molecule has 0 atom stereocenters. The van der Waals surface area contributed by atoms with Gasteiger partial charge in [-0.2, -0.15) is 5.10 Å². The fourth-order valence-corrected chi connectivity index (χ4v) is 1.95. The maximum atomic E-state index is 12.0. The summed E-state index contributed by atoms with van der Waals surface area (Å²) in [5.41, 5.74) is 0.164. The molecular weight excluding hydrogens is 310 g/mol. The Bertz CT molecular complexity index is 717. The molecule has 0 spiro atoms. The summed E-state index contributed by atoms with van der Waals surface area (Å²) in [6.45, 7) is 7.26. The number of carbonyl (C=O) groups excluding carboxylic acids is 2. The second kappa shape index (κ2) is 7.16. The smallest absolute Gasteiger partial charge is 0.413 e. The third-order valence-corrected chi connectivity index (χ3v) is 2.82. The predicted molar refractivity (Wildman–Crippen MR) is 89.4 cm³/mol. The number of nitrogens with one attached hydrogen (secondary N) is 1. The maximum Gasteiger partial charge on any atom is 0.413 e. The van der Waals surface area contributed by atoms with Crippen LogP contribution in [0.5, 0.6) is 0 Å². The first-order chi connectivity index (χ1) is 11.3. The Labute approximate surface area is 140 Å². The minimum Gasteiger partial charge on any atom is -0.461 e. The van der Waals surface area contributed by atoms with Crippen LogP contribution >= 0.6 is 0 Å². The second-order valence-electron chi connectivity index (χ2n) is 6.01. The fourth-order valence-electron chi connectivity index (χ4n) is 1.95. The van der Waals surface area contributed by atoms with E-state index in [4.69, 9.17) is 9.47 Å². The molecule has 128 valence electrons. The number of benzene rings is 1. The third kappa shape index (κ3) is 4.58. The van der Waals surface area contributed by atoms with Gasteiger partial charge in [0.25, 0.3) is 0 Å². The molecule has 1 aromatic carbocycles. The minimum absolute atomic E-state index is 0.103. The van der Waals surface area contributed by atoms with Crippen molar-refractivity contribution >= 4 is 17.9 Å². The number of amides is 1. The van der Waals surface area contributed by atoms with Crippen molar-refractivity contribution < 1.29 is 19.1 Å². The van der Waals surface area contributed by atoms with Gasteiger partial charge in [0, 0.05) is 6.07 Å². The molecule has 7 heteroatoms. The number of ether oxygens (including phenoxy) is 2. The molecule has 0 radical (unpaired) electrons. The Morgan fingerprint density at radius 1 is 1.21 bits per heavy atom. The Balaban J connectivity index is 2.34. The van der Waals surface area contributed by atoms with Crippen LogP contribution in [0.3, 0.4) is 0 Å². The van der Waals surface area contributed by atoms with Crippen LogP contribution in [0.1, 0.15) is 38.2 Å². The topological polar surface area (TPSA) is 82.5 Å². The number of esters is 1. The van der Waals surface area contributed by atoms with E-state index in [1.807, 2.05) is 30.3 Å². The van der Waals surface area contributed by atoms with Gasteiger partial charge < -0.3 is 9.47 Å². The first-order valence-electron chi connectivity index (χ1n) is 7.63. The summed E-state index contributed by atoms with van der Waals surface area (Å²) in [5.74, 6) is -0.238. The van der Waals surface area contributed by atoms with Crippen molar-refractivity contribution in [3.8, 4) is 5.69 Å². The number of anilines is 1. The van der Waals surface area contributed by atoms with Crippen LogP contribution in [-0.2, 0) is 9.47 Å². The molecule has 1 aromatic heterocycles. The summed E-state index contributed by atoms with van der Waals surface area (Å²) in [4.78, 5) is 23.9. The molecule has 2 aromatic rings. The van der Waals surface area contributed by atoms with E-state index in [0.717, 1.165) is 0 Å². The van der Waals surface area contributed by atoms with E-state index in [1.54, 1.807) is 27.7 Å². The number of nitrogens with zero attached hydrogens (tertiary/aromatic N) is 2. The van der Waals surface area contributed by atoms with Crippen molar-refractivity contribution in [1.29, 1.82) is 0 Å². The van der Waals surface area contributed by atoms with Crippen molar-refractivity contribution in [1.82, 2.24) is 9.78 Å². The van der Waals surface area contributed by atoms with Crippen LogP contribution in [0.2, 0.25) is 0 Å². The maximum absolute atomic E-state index is 12.0. The highest BCUT2D eigenvalue weighted by atomic mass is 16.6. The van der Waals surface area contributed by atoms with Gasteiger partial charge in [-0.1, -0.05) is 18.2 Å². The van der Waals surface area contributed by atoms with Gasteiger partial charge in [0.15, 0.2) is 5.69 Å². The molecule has 1 N–H and O–H groups in total. The number of carbonyl (C=O) groups is 2. The van der Waals surface area contributed by atoms with Gasteiger partial charge in [0.2, 0.25) is 0 Å². The molecule has 24 heavy (non-hydrogen) atoms. The molecule has 0 aliphatic rings. The lowest BCUT2D eigenvalue weighted by atomic mass is 10.2. The van der Waals surface area contributed by atoms with Crippen LogP contribution in [-0.4, -0.2) is 34.1 Å².